The predicted octanol–water partition coefficient (Wildman–Crippen LogP) is 3.68. The minimum Gasteiger partial charge on any atom is -0.493 e. The first-order chi connectivity index (χ1) is 9.13. The van der Waals surface area contributed by atoms with Crippen molar-refractivity contribution in [3.05, 3.63) is 41.4 Å². The van der Waals surface area contributed by atoms with E-state index >= 15 is 0 Å². The molecule has 4 nitrogen and oxygen atoms in total. The lowest BCUT2D eigenvalue weighted by atomic mass is 10.2. The van der Waals surface area contributed by atoms with Crippen molar-refractivity contribution >= 4 is 28.7 Å². The van der Waals surface area contributed by atoms with Crippen molar-refractivity contribution in [2.24, 2.45) is 0 Å². The molecule has 0 aromatic heterocycles. The van der Waals surface area contributed by atoms with Gasteiger partial charge >= 0.3 is 0 Å². The van der Waals surface area contributed by atoms with Crippen LogP contribution in [0.5, 0.6) is 11.5 Å². The van der Waals surface area contributed by atoms with E-state index in [0.29, 0.717) is 22.2 Å². The predicted molar refractivity (Wildman–Crippen MR) is 78.7 cm³/mol. The summed E-state index contributed by atoms with van der Waals surface area (Å²) in [5.74, 6) is 1.32. The first-order valence-electron chi connectivity index (χ1n) is 5.68. The van der Waals surface area contributed by atoms with Gasteiger partial charge in [-0.05, 0) is 30.3 Å². The second-order valence-corrected chi connectivity index (χ2v) is 4.36. The SMILES string of the molecule is COc1ccc(Nc2cc(Cl)ccc2N)cc1OC. The highest BCUT2D eigenvalue weighted by atomic mass is 35.5. The largest absolute Gasteiger partial charge is 0.493 e. The summed E-state index contributed by atoms with van der Waals surface area (Å²) in [7, 11) is 3.19. The summed E-state index contributed by atoms with van der Waals surface area (Å²) in [4.78, 5) is 0. The van der Waals surface area contributed by atoms with Crippen LogP contribution in [0, 0.1) is 0 Å². The summed E-state index contributed by atoms with van der Waals surface area (Å²) in [5, 5.41) is 3.82. The van der Waals surface area contributed by atoms with Crippen molar-refractivity contribution in [2.45, 2.75) is 0 Å². The molecule has 0 bridgehead atoms. The molecule has 5 heteroatoms. The zero-order chi connectivity index (χ0) is 13.8. The Morgan fingerprint density at radius 1 is 1.00 bits per heavy atom. The average Bonchev–Trinajstić information content (AvgIpc) is 2.42. The molecule has 0 fully saturated rings. The Kier molecular flexibility index (Phi) is 4.02. The minimum atomic E-state index is 0.622. The molecule has 2 aromatic carbocycles. The lowest BCUT2D eigenvalue weighted by Gasteiger charge is -2.12. The van der Waals surface area contributed by atoms with Crippen molar-refractivity contribution in [1.29, 1.82) is 0 Å². The van der Waals surface area contributed by atoms with Crippen LogP contribution in [0.1, 0.15) is 0 Å². The summed E-state index contributed by atoms with van der Waals surface area (Å²) in [6.07, 6.45) is 0. The Morgan fingerprint density at radius 3 is 2.42 bits per heavy atom. The van der Waals surface area contributed by atoms with Gasteiger partial charge in [0.2, 0.25) is 0 Å². The van der Waals surface area contributed by atoms with Crippen LogP contribution in [-0.4, -0.2) is 14.2 Å². The summed E-state index contributed by atoms with van der Waals surface area (Å²) in [6, 6.07) is 10.8. The molecule has 0 atom stereocenters. The summed E-state index contributed by atoms with van der Waals surface area (Å²) >= 11 is 5.95. The quantitative estimate of drug-likeness (QED) is 0.838. The molecule has 0 saturated carbocycles. The highest BCUT2D eigenvalue weighted by Gasteiger charge is 2.06. The van der Waals surface area contributed by atoms with E-state index in [0.717, 1.165) is 11.4 Å². The van der Waals surface area contributed by atoms with E-state index in [1.807, 2.05) is 18.2 Å². The summed E-state index contributed by atoms with van der Waals surface area (Å²) in [6.45, 7) is 0. The van der Waals surface area contributed by atoms with Gasteiger partial charge in [-0.2, -0.15) is 0 Å². The van der Waals surface area contributed by atoms with E-state index in [9.17, 15) is 0 Å². The molecule has 0 amide bonds. The highest BCUT2D eigenvalue weighted by Crippen LogP contribution is 2.32. The van der Waals surface area contributed by atoms with Gasteiger partial charge in [0.05, 0.1) is 25.6 Å². The maximum absolute atomic E-state index is 5.95. The molecule has 0 heterocycles. The third-order valence-corrected chi connectivity index (χ3v) is 2.91. The monoisotopic (exact) mass is 278 g/mol. The number of halogens is 1. The van der Waals surface area contributed by atoms with E-state index in [1.54, 1.807) is 32.4 Å². The van der Waals surface area contributed by atoms with Gasteiger partial charge in [0, 0.05) is 16.8 Å². The van der Waals surface area contributed by atoms with Gasteiger partial charge in [-0.15, -0.1) is 0 Å². The van der Waals surface area contributed by atoms with Gasteiger partial charge < -0.3 is 20.5 Å². The Hall–Kier alpha value is -2.07. The molecular weight excluding hydrogens is 264 g/mol. The topological polar surface area (TPSA) is 56.5 Å². The second-order valence-electron chi connectivity index (χ2n) is 3.93. The Balaban J connectivity index is 2.30. The third-order valence-electron chi connectivity index (χ3n) is 2.68. The van der Waals surface area contributed by atoms with Crippen molar-refractivity contribution in [2.75, 3.05) is 25.3 Å². The molecule has 3 N–H and O–H groups in total. The van der Waals surface area contributed by atoms with Crippen LogP contribution in [0.25, 0.3) is 0 Å². The van der Waals surface area contributed by atoms with E-state index in [1.165, 1.54) is 0 Å². The van der Waals surface area contributed by atoms with Crippen LogP contribution in [0.4, 0.5) is 17.1 Å². The first kappa shape index (κ1) is 13.4. The van der Waals surface area contributed by atoms with Crippen molar-refractivity contribution in [1.82, 2.24) is 0 Å². The fourth-order valence-corrected chi connectivity index (χ4v) is 1.88. The van der Waals surface area contributed by atoms with E-state index in [-0.39, 0.29) is 0 Å². The number of hydrogen-bond acceptors (Lipinski definition) is 4. The zero-order valence-corrected chi connectivity index (χ0v) is 11.5. The average molecular weight is 279 g/mol. The molecule has 0 unspecified atom stereocenters. The van der Waals surface area contributed by atoms with Gasteiger partial charge in [-0.1, -0.05) is 11.6 Å². The minimum absolute atomic E-state index is 0.622. The maximum atomic E-state index is 5.95. The normalized spacial score (nSPS) is 10.1. The van der Waals surface area contributed by atoms with Gasteiger partial charge in [0.25, 0.3) is 0 Å². The smallest absolute Gasteiger partial charge is 0.162 e. The molecule has 0 aliphatic heterocycles. The van der Waals surface area contributed by atoms with Crippen LogP contribution in [-0.2, 0) is 0 Å². The standard InChI is InChI=1S/C14H15ClN2O2/c1-18-13-6-4-10(8-14(13)19-2)17-12-7-9(15)3-5-11(12)16/h3-8,17H,16H2,1-2H3. The number of ether oxygens (including phenoxy) is 2. The van der Waals surface area contributed by atoms with Gasteiger partial charge in [0.15, 0.2) is 11.5 Å². The number of benzene rings is 2. The lowest BCUT2D eigenvalue weighted by molar-refractivity contribution is 0.355. The maximum Gasteiger partial charge on any atom is 0.162 e. The molecule has 0 spiro atoms. The molecule has 2 rings (SSSR count). The van der Waals surface area contributed by atoms with Crippen LogP contribution >= 0.6 is 11.6 Å². The van der Waals surface area contributed by atoms with Gasteiger partial charge in [-0.3, -0.25) is 0 Å². The second kappa shape index (κ2) is 5.71. The molecule has 0 radical (unpaired) electrons. The number of rotatable bonds is 4. The number of nitrogens with one attached hydrogen (secondary N) is 1. The van der Waals surface area contributed by atoms with Crippen LogP contribution in [0.3, 0.4) is 0 Å². The van der Waals surface area contributed by atoms with E-state index in [2.05, 4.69) is 5.32 Å². The van der Waals surface area contributed by atoms with Crippen LogP contribution in [0.2, 0.25) is 5.02 Å². The summed E-state index contributed by atoms with van der Waals surface area (Å²) in [5.41, 5.74) is 8.10. The van der Waals surface area contributed by atoms with Crippen LogP contribution < -0.4 is 20.5 Å². The molecule has 100 valence electrons. The molecule has 0 aliphatic carbocycles. The van der Waals surface area contributed by atoms with Gasteiger partial charge in [-0.25, -0.2) is 0 Å². The molecular formula is C14H15ClN2O2. The molecule has 19 heavy (non-hydrogen) atoms. The fourth-order valence-electron chi connectivity index (χ4n) is 1.71. The third kappa shape index (κ3) is 3.03. The first-order valence-corrected chi connectivity index (χ1v) is 6.06. The molecule has 2 aromatic rings. The van der Waals surface area contributed by atoms with E-state index in [4.69, 9.17) is 26.8 Å². The fraction of sp³-hybridized carbons (Fsp3) is 0.143. The van der Waals surface area contributed by atoms with Crippen molar-refractivity contribution in [3.8, 4) is 11.5 Å². The number of hydrogen-bond donors (Lipinski definition) is 2. The zero-order valence-electron chi connectivity index (χ0n) is 10.7. The summed E-state index contributed by atoms with van der Waals surface area (Å²) < 4.78 is 10.4. The van der Waals surface area contributed by atoms with E-state index < -0.39 is 0 Å². The number of nitrogen functional groups attached to an aromatic ring is 1. The number of methoxy groups -OCH3 is 2. The number of anilines is 3. The Labute approximate surface area is 117 Å². The molecule has 0 aliphatic rings. The Morgan fingerprint density at radius 2 is 1.74 bits per heavy atom. The van der Waals surface area contributed by atoms with Crippen molar-refractivity contribution in [3.63, 3.8) is 0 Å². The Bertz CT molecular complexity index is 588. The molecule has 0 saturated heterocycles. The van der Waals surface area contributed by atoms with Gasteiger partial charge in [0.1, 0.15) is 0 Å². The number of nitrogens with two attached hydrogens (primary N) is 1. The van der Waals surface area contributed by atoms with Crippen molar-refractivity contribution < 1.29 is 9.47 Å². The lowest BCUT2D eigenvalue weighted by Crippen LogP contribution is -1.97. The highest BCUT2D eigenvalue weighted by molar-refractivity contribution is 6.31. The van der Waals surface area contributed by atoms with Crippen LogP contribution in [0.15, 0.2) is 36.4 Å².